The monoisotopic (exact) mass is 663 g/mol. The third-order valence-electron chi connectivity index (χ3n) is 7.81. The van der Waals surface area contributed by atoms with Crippen LogP contribution in [0.2, 0.25) is 0 Å². The van der Waals surface area contributed by atoms with Crippen molar-refractivity contribution < 1.29 is 22.0 Å². The predicted molar refractivity (Wildman–Crippen MR) is 180 cm³/mol. The summed E-state index contributed by atoms with van der Waals surface area (Å²) in [6.45, 7) is 0. The number of fused-ring (bicyclic) bond motifs is 2. The smallest absolute Gasteiger partial charge is 0.228 e. The van der Waals surface area contributed by atoms with Gasteiger partial charge in [-0.3, -0.25) is 19.9 Å². The molecule has 0 unspecified atom stereocenters. The quantitative estimate of drug-likeness (QED) is 0.165. The highest BCUT2D eigenvalue weighted by Crippen LogP contribution is 2.34. The van der Waals surface area contributed by atoms with Crippen LogP contribution in [0.3, 0.4) is 0 Å². The van der Waals surface area contributed by atoms with Crippen LogP contribution in [0.25, 0.3) is 55.8 Å². The van der Waals surface area contributed by atoms with E-state index in [-0.39, 0.29) is 30.1 Å². The first-order valence-electron chi connectivity index (χ1n) is 14.9. The molecule has 10 nitrogen and oxygen atoms in total. The summed E-state index contributed by atoms with van der Waals surface area (Å²) in [6.07, 6.45) is 6.05. The molecule has 3 N–H and O–H groups in total. The zero-order valence-electron chi connectivity index (χ0n) is 25.5. The Labute approximate surface area is 273 Å². The van der Waals surface area contributed by atoms with Gasteiger partial charge >= 0.3 is 0 Å². The summed E-state index contributed by atoms with van der Waals surface area (Å²) in [6, 6.07) is 20.0. The fourth-order valence-corrected chi connectivity index (χ4v) is 6.18. The minimum atomic E-state index is -3.24. The Kier molecular flexibility index (Phi) is 7.97. The van der Waals surface area contributed by atoms with Crippen molar-refractivity contribution in [1.82, 2.24) is 30.1 Å². The topological polar surface area (TPSA) is 146 Å². The number of carbonyl (C=O) groups excluding carboxylic acids is 1. The molecule has 240 valence electrons. The van der Waals surface area contributed by atoms with Gasteiger partial charge in [-0.1, -0.05) is 30.3 Å². The number of aromatic amines is 2. The molecule has 0 saturated heterocycles. The van der Waals surface area contributed by atoms with Crippen molar-refractivity contribution in [2.24, 2.45) is 0 Å². The average Bonchev–Trinajstić information content (AvgIpc) is 3.67. The number of nitrogens with zero attached hydrogens (tertiary/aromatic N) is 4. The number of pyridine rings is 2. The fraction of sp³-hybridized carbons (Fsp3) is 0.114. The summed E-state index contributed by atoms with van der Waals surface area (Å²) in [5, 5.41) is 10.7. The van der Waals surface area contributed by atoms with Gasteiger partial charge < -0.3 is 10.3 Å². The molecule has 0 aliphatic heterocycles. The zero-order valence-corrected chi connectivity index (χ0v) is 26.3. The van der Waals surface area contributed by atoms with E-state index in [0.29, 0.717) is 61.5 Å². The number of anilines is 1. The Bertz CT molecular complexity index is 2440. The van der Waals surface area contributed by atoms with Gasteiger partial charge in [0.2, 0.25) is 5.91 Å². The second-order valence-corrected chi connectivity index (χ2v) is 13.8. The maximum absolute atomic E-state index is 15.4. The van der Waals surface area contributed by atoms with Crippen molar-refractivity contribution in [3.05, 3.63) is 114 Å². The number of rotatable bonds is 9. The minimum Gasteiger partial charge on any atom is -0.336 e. The highest BCUT2D eigenvalue weighted by atomic mass is 32.2. The number of H-pyrrole nitrogens is 2. The van der Waals surface area contributed by atoms with Crippen molar-refractivity contribution in [1.29, 1.82) is 0 Å². The second kappa shape index (κ2) is 12.4. The summed E-state index contributed by atoms with van der Waals surface area (Å²) in [5.41, 5.74) is 5.27. The first-order chi connectivity index (χ1) is 23.1. The van der Waals surface area contributed by atoms with Crippen molar-refractivity contribution >= 4 is 43.4 Å². The molecule has 7 rings (SSSR count). The van der Waals surface area contributed by atoms with Gasteiger partial charge in [-0.25, -0.2) is 22.2 Å². The summed E-state index contributed by atoms with van der Waals surface area (Å²) in [7, 11) is -3.24. The molecule has 0 aliphatic carbocycles. The van der Waals surface area contributed by atoms with Crippen LogP contribution in [-0.2, 0) is 27.5 Å². The first kappa shape index (κ1) is 30.8. The van der Waals surface area contributed by atoms with E-state index in [0.717, 1.165) is 11.8 Å². The molecule has 0 atom stereocenters. The van der Waals surface area contributed by atoms with Gasteiger partial charge in [-0.2, -0.15) is 5.10 Å². The lowest BCUT2D eigenvalue weighted by Crippen LogP contribution is -2.14. The van der Waals surface area contributed by atoms with Crippen LogP contribution in [0, 0.1) is 11.6 Å². The normalized spacial score (nSPS) is 11.7. The maximum Gasteiger partial charge on any atom is 0.228 e. The molecular formula is C35H27F2N7O3S. The lowest BCUT2D eigenvalue weighted by molar-refractivity contribution is -0.115. The summed E-state index contributed by atoms with van der Waals surface area (Å²) >= 11 is 0. The van der Waals surface area contributed by atoms with E-state index in [4.69, 9.17) is 4.98 Å². The van der Waals surface area contributed by atoms with E-state index in [1.807, 2.05) is 30.3 Å². The molecule has 0 fully saturated rings. The van der Waals surface area contributed by atoms with E-state index < -0.39 is 21.5 Å². The number of hydrogen-bond acceptors (Lipinski definition) is 7. The molecule has 4 aromatic heterocycles. The Morgan fingerprint density at radius 1 is 0.896 bits per heavy atom. The average molecular weight is 664 g/mol. The van der Waals surface area contributed by atoms with Crippen LogP contribution in [0.5, 0.6) is 0 Å². The summed E-state index contributed by atoms with van der Waals surface area (Å²) in [4.78, 5) is 29.3. The van der Waals surface area contributed by atoms with Gasteiger partial charge in [-0.15, -0.1) is 0 Å². The van der Waals surface area contributed by atoms with E-state index in [9.17, 15) is 17.6 Å². The Morgan fingerprint density at radius 2 is 1.73 bits per heavy atom. The van der Waals surface area contributed by atoms with Crippen molar-refractivity contribution in [2.45, 2.75) is 12.8 Å². The van der Waals surface area contributed by atoms with Gasteiger partial charge in [0.1, 0.15) is 32.7 Å². The number of halogens is 2. The molecule has 0 bridgehead atoms. The molecule has 0 radical (unpaired) electrons. The van der Waals surface area contributed by atoms with Gasteiger partial charge in [0.15, 0.2) is 5.82 Å². The molecule has 7 aromatic rings. The standard InChI is InChI=1S/C35H27F2N7O3S/c1-48(46,47)10-8-21-11-22(14-24(36)12-21)32-34-29(7-9-39-32)41-35(42-34)33-27-16-26(28(37)17-30(27)43-44-33)23-15-25(19-38-18-23)40-31(45)13-20-5-3-2-4-6-20/h2-7,9,11-12,14-19H,8,10,13H2,1H3,(H,40,45)(H,41,42)(H,43,44). The SMILES string of the molecule is CS(=O)(=O)CCc1cc(F)cc(-c2nccc3[nH]c(-c4n[nH]c5cc(F)c(-c6cncc(NC(=O)Cc7ccccc7)c6)cc45)nc23)c1. The van der Waals surface area contributed by atoms with Crippen LogP contribution < -0.4 is 5.32 Å². The molecule has 13 heteroatoms. The van der Waals surface area contributed by atoms with Gasteiger partial charge in [0, 0.05) is 46.8 Å². The van der Waals surface area contributed by atoms with E-state index in [1.54, 1.807) is 30.5 Å². The van der Waals surface area contributed by atoms with Crippen molar-refractivity contribution in [3.8, 4) is 33.9 Å². The molecule has 0 aliphatic rings. The third-order valence-corrected chi connectivity index (χ3v) is 8.75. The number of nitrogens with one attached hydrogen (secondary N) is 3. The minimum absolute atomic E-state index is 0.113. The predicted octanol–water partition coefficient (Wildman–Crippen LogP) is 6.28. The lowest BCUT2D eigenvalue weighted by atomic mass is 10.0. The number of imidazole rings is 1. The van der Waals surface area contributed by atoms with Crippen LogP contribution in [0.1, 0.15) is 11.1 Å². The lowest BCUT2D eigenvalue weighted by Gasteiger charge is -2.09. The zero-order chi connectivity index (χ0) is 33.4. The fourth-order valence-electron chi connectivity index (χ4n) is 5.58. The van der Waals surface area contributed by atoms with Crippen molar-refractivity contribution in [2.75, 3.05) is 17.3 Å². The molecule has 48 heavy (non-hydrogen) atoms. The van der Waals surface area contributed by atoms with Crippen LogP contribution >= 0.6 is 0 Å². The maximum atomic E-state index is 15.4. The number of benzene rings is 3. The number of carbonyl (C=O) groups is 1. The van der Waals surface area contributed by atoms with Gasteiger partial charge in [0.25, 0.3) is 0 Å². The summed E-state index contributed by atoms with van der Waals surface area (Å²) in [5.74, 6) is -1.00. The van der Waals surface area contributed by atoms with Crippen molar-refractivity contribution in [3.63, 3.8) is 0 Å². The first-order valence-corrected chi connectivity index (χ1v) is 17.0. The van der Waals surface area contributed by atoms with E-state index >= 15 is 4.39 Å². The van der Waals surface area contributed by atoms with Gasteiger partial charge in [0.05, 0.1) is 40.8 Å². The van der Waals surface area contributed by atoms with Crippen LogP contribution in [0.15, 0.2) is 91.4 Å². The number of sulfone groups is 1. The molecule has 4 heterocycles. The Morgan fingerprint density at radius 3 is 2.54 bits per heavy atom. The largest absolute Gasteiger partial charge is 0.336 e. The van der Waals surface area contributed by atoms with Gasteiger partial charge in [-0.05, 0) is 53.9 Å². The Balaban J connectivity index is 1.22. The molecule has 0 saturated carbocycles. The third kappa shape index (κ3) is 6.53. The number of amides is 1. The highest BCUT2D eigenvalue weighted by Gasteiger charge is 2.19. The Hall–Kier alpha value is -5.82. The summed E-state index contributed by atoms with van der Waals surface area (Å²) < 4.78 is 53.5. The molecular weight excluding hydrogens is 636 g/mol. The number of hydrogen-bond donors (Lipinski definition) is 3. The molecule has 3 aromatic carbocycles. The second-order valence-electron chi connectivity index (χ2n) is 11.5. The van der Waals surface area contributed by atoms with Crippen LogP contribution in [0.4, 0.5) is 14.5 Å². The number of aryl methyl sites for hydroxylation is 1. The van der Waals surface area contributed by atoms with E-state index in [1.165, 1.54) is 30.6 Å². The molecule has 0 spiro atoms. The van der Waals surface area contributed by atoms with E-state index in [2.05, 4.69) is 30.5 Å². The molecule has 1 amide bonds. The highest BCUT2D eigenvalue weighted by molar-refractivity contribution is 7.90. The number of aromatic nitrogens is 6. The van der Waals surface area contributed by atoms with Crippen LogP contribution in [-0.4, -0.2) is 56.5 Å².